The molecule has 2 aliphatic carbocycles. The monoisotopic (exact) mass is 298 g/mol. The highest BCUT2D eigenvalue weighted by Crippen LogP contribution is 2.58. The minimum atomic E-state index is -0.482. The third kappa shape index (κ3) is 2.19. The largest absolute Gasteiger partial charge is 0.469 e. The second-order valence-electron chi connectivity index (χ2n) is 5.72. The zero-order valence-electron chi connectivity index (χ0n) is 11.9. The maximum Gasteiger partial charge on any atom is 0.310 e. The molecule has 2 bridgehead atoms. The van der Waals surface area contributed by atoms with Gasteiger partial charge in [0.25, 0.3) is 0 Å². The third-order valence-electron chi connectivity index (χ3n) is 4.72. The SMILES string of the molecule is COC(=O)C1C2CC3C(OC(=O)C31)C2OCCOC(C)=O. The summed E-state index contributed by atoms with van der Waals surface area (Å²) in [6, 6.07) is 0. The van der Waals surface area contributed by atoms with Crippen LogP contribution in [0, 0.1) is 23.7 Å². The summed E-state index contributed by atoms with van der Waals surface area (Å²) in [6.45, 7) is 1.70. The minimum absolute atomic E-state index is 0.0327. The van der Waals surface area contributed by atoms with Gasteiger partial charge >= 0.3 is 17.9 Å². The smallest absolute Gasteiger partial charge is 0.310 e. The van der Waals surface area contributed by atoms with Crippen molar-refractivity contribution in [2.75, 3.05) is 20.3 Å². The molecule has 3 aliphatic rings. The summed E-state index contributed by atoms with van der Waals surface area (Å²) < 4.78 is 20.7. The Labute approximate surface area is 121 Å². The van der Waals surface area contributed by atoms with Crippen molar-refractivity contribution in [3.63, 3.8) is 0 Å². The van der Waals surface area contributed by atoms with E-state index in [2.05, 4.69) is 0 Å². The lowest BCUT2D eigenvalue weighted by atomic mass is 9.78. The maximum absolute atomic E-state index is 11.9. The van der Waals surface area contributed by atoms with Crippen molar-refractivity contribution in [2.45, 2.75) is 25.6 Å². The van der Waals surface area contributed by atoms with Crippen molar-refractivity contribution in [1.82, 2.24) is 0 Å². The van der Waals surface area contributed by atoms with Crippen molar-refractivity contribution >= 4 is 17.9 Å². The second kappa shape index (κ2) is 5.29. The van der Waals surface area contributed by atoms with Gasteiger partial charge in [-0.25, -0.2) is 0 Å². The summed E-state index contributed by atoms with van der Waals surface area (Å²) in [4.78, 5) is 34.6. The zero-order chi connectivity index (χ0) is 15.1. The topological polar surface area (TPSA) is 88.1 Å². The lowest BCUT2D eigenvalue weighted by molar-refractivity contribution is -0.154. The molecule has 7 heteroatoms. The molecule has 0 aromatic carbocycles. The molecular weight excluding hydrogens is 280 g/mol. The quantitative estimate of drug-likeness (QED) is 0.398. The van der Waals surface area contributed by atoms with Crippen LogP contribution in [0.5, 0.6) is 0 Å². The molecule has 0 amide bonds. The lowest BCUT2D eigenvalue weighted by Crippen LogP contribution is -2.43. The summed E-state index contributed by atoms with van der Waals surface area (Å²) in [7, 11) is 1.32. The third-order valence-corrected chi connectivity index (χ3v) is 4.72. The van der Waals surface area contributed by atoms with E-state index in [9.17, 15) is 14.4 Å². The molecule has 0 spiro atoms. The fraction of sp³-hybridized carbons (Fsp3) is 0.786. The summed E-state index contributed by atoms with van der Waals surface area (Å²) in [5.41, 5.74) is 0. The standard InChI is InChI=1S/C14H18O7/c1-6(15)19-3-4-20-11-7-5-8-10(9(7)13(16)18-2)14(17)21-12(8)11/h7-12H,3-5H2,1-2H3. The number of carbonyl (C=O) groups excluding carboxylic acids is 3. The molecule has 1 heterocycles. The molecule has 0 aromatic heterocycles. The molecule has 1 aliphatic heterocycles. The van der Waals surface area contributed by atoms with Crippen molar-refractivity contribution in [3.05, 3.63) is 0 Å². The fourth-order valence-corrected chi connectivity index (χ4v) is 4.04. The molecular formula is C14H18O7. The Hall–Kier alpha value is -1.63. The van der Waals surface area contributed by atoms with Crippen LogP contribution in [-0.4, -0.2) is 50.4 Å². The molecule has 116 valence electrons. The molecule has 3 rings (SSSR count). The molecule has 2 saturated carbocycles. The average Bonchev–Trinajstić information content (AvgIpc) is 3.04. The van der Waals surface area contributed by atoms with E-state index in [1.165, 1.54) is 14.0 Å². The molecule has 3 fully saturated rings. The molecule has 0 aromatic rings. The van der Waals surface area contributed by atoms with E-state index in [0.29, 0.717) is 0 Å². The van der Waals surface area contributed by atoms with Crippen LogP contribution in [0.4, 0.5) is 0 Å². The Morgan fingerprint density at radius 3 is 2.71 bits per heavy atom. The van der Waals surface area contributed by atoms with Gasteiger partial charge in [-0.2, -0.15) is 0 Å². The van der Waals surface area contributed by atoms with Crippen molar-refractivity contribution in [3.8, 4) is 0 Å². The highest BCUT2D eigenvalue weighted by Gasteiger charge is 2.69. The number of rotatable bonds is 5. The van der Waals surface area contributed by atoms with Crippen LogP contribution in [-0.2, 0) is 33.3 Å². The molecule has 1 saturated heterocycles. The Bertz CT molecular complexity index is 474. The summed E-state index contributed by atoms with van der Waals surface area (Å²) in [6.07, 6.45) is 0.127. The number of fused-ring (bicyclic) bond motifs is 1. The first-order valence-corrected chi connectivity index (χ1v) is 7.08. The fourth-order valence-electron chi connectivity index (χ4n) is 4.04. The first kappa shape index (κ1) is 14.3. The molecule has 0 N–H and O–H groups in total. The van der Waals surface area contributed by atoms with Crippen molar-refractivity contribution in [2.24, 2.45) is 23.7 Å². The normalized spacial score (nSPS) is 39.2. The second-order valence-corrected chi connectivity index (χ2v) is 5.72. The predicted octanol–water partition coefficient (Wildman–Crippen LogP) is -0.0848. The highest BCUT2D eigenvalue weighted by molar-refractivity contribution is 5.86. The van der Waals surface area contributed by atoms with E-state index in [4.69, 9.17) is 18.9 Å². The van der Waals surface area contributed by atoms with E-state index >= 15 is 0 Å². The highest BCUT2D eigenvalue weighted by atomic mass is 16.6. The Balaban J connectivity index is 1.68. The van der Waals surface area contributed by atoms with Crippen LogP contribution in [0.25, 0.3) is 0 Å². The summed E-state index contributed by atoms with van der Waals surface area (Å²) in [5.74, 6) is -1.98. The Morgan fingerprint density at radius 2 is 2.05 bits per heavy atom. The van der Waals surface area contributed by atoms with Crippen molar-refractivity contribution in [1.29, 1.82) is 0 Å². The number of ether oxygens (including phenoxy) is 4. The molecule has 6 atom stereocenters. The Morgan fingerprint density at radius 1 is 1.29 bits per heavy atom. The van der Waals surface area contributed by atoms with Crippen LogP contribution in [0.2, 0.25) is 0 Å². The van der Waals surface area contributed by atoms with Gasteiger partial charge in [0.15, 0.2) is 0 Å². The number of hydrogen-bond donors (Lipinski definition) is 0. The van der Waals surface area contributed by atoms with Crippen LogP contribution < -0.4 is 0 Å². The first-order chi connectivity index (χ1) is 10.0. The maximum atomic E-state index is 11.9. The van der Waals surface area contributed by atoms with Gasteiger partial charge in [0.1, 0.15) is 12.7 Å². The average molecular weight is 298 g/mol. The van der Waals surface area contributed by atoms with E-state index in [1.807, 2.05) is 0 Å². The van der Waals surface area contributed by atoms with Gasteiger partial charge in [-0.3, -0.25) is 14.4 Å². The van der Waals surface area contributed by atoms with Gasteiger partial charge in [0.2, 0.25) is 0 Å². The zero-order valence-corrected chi connectivity index (χ0v) is 11.9. The van der Waals surface area contributed by atoms with Crippen LogP contribution >= 0.6 is 0 Å². The minimum Gasteiger partial charge on any atom is -0.469 e. The van der Waals surface area contributed by atoms with Crippen LogP contribution in [0.1, 0.15) is 13.3 Å². The van der Waals surface area contributed by atoms with Crippen LogP contribution in [0.3, 0.4) is 0 Å². The van der Waals surface area contributed by atoms with Gasteiger partial charge in [-0.15, -0.1) is 0 Å². The summed E-state index contributed by atoms with van der Waals surface area (Å²) >= 11 is 0. The number of esters is 3. The van der Waals surface area contributed by atoms with E-state index in [-0.39, 0.29) is 61.1 Å². The van der Waals surface area contributed by atoms with E-state index in [1.54, 1.807) is 0 Å². The van der Waals surface area contributed by atoms with Gasteiger partial charge in [0, 0.05) is 18.8 Å². The predicted molar refractivity (Wildman–Crippen MR) is 66.8 cm³/mol. The van der Waals surface area contributed by atoms with Gasteiger partial charge in [-0.05, 0) is 6.42 Å². The van der Waals surface area contributed by atoms with Gasteiger partial charge in [-0.1, -0.05) is 0 Å². The number of methoxy groups -OCH3 is 1. The summed E-state index contributed by atoms with van der Waals surface area (Å²) in [5, 5.41) is 0. The number of hydrogen-bond acceptors (Lipinski definition) is 7. The van der Waals surface area contributed by atoms with E-state index in [0.717, 1.165) is 6.42 Å². The Kier molecular flexibility index (Phi) is 3.61. The van der Waals surface area contributed by atoms with Crippen LogP contribution in [0.15, 0.2) is 0 Å². The molecule has 21 heavy (non-hydrogen) atoms. The molecule has 7 nitrogen and oxygen atoms in total. The van der Waals surface area contributed by atoms with Gasteiger partial charge < -0.3 is 18.9 Å². The molecule has 0 radical (unpaired) electrons. The first-order valence-electron chi connectivity index (χ1n) is 7.08. The molecule has 6 unspecified atom stereocenters. The van der Waals surface area contributed by atoms with Gasteiger partial charge in [0.05, 0.1) is 31.7 Å². The number of carbonyl (C=O) groups is 3. The van der Waals surface area contributed by atoms with E-state index < -0.39 is 5.92 Å². The lowest BCUT2D eigenvalue weighted by Gasteiger charge is -2.30. The van der Waals surface area contributed by atoms with Crippen molar-refractivity contribution < 1.29 is 33.3 Å².